The van der Waals surface area contributed by atoms with Gasteiger partial charge in [0.15, 0.2) is 6.29 Å². The predicted molar refractivity (Wildman–Crippen MR) is 118 cm³/mol. The average molecular weight is 455 g/mol. The Morgan fingerprint density at radius 3 is 2.65 bits per heavy atom. The number of halogens is 1. The molecular weight excluding hydrogens is 424 g/mol. The van der Waals surface area contributed by atoms with E-state index in [1.54, 1.807) is 4.90 Å². The van der Waals surface area contributed by atoms with Crippen molar-refractivity contribution in [2.24, 2.45) is 5.92 Å². The minimum Gasteiger partial charge on any atom is -0.486 e. The van der Waals surface area contributed by atoms with Crippen molar-refractivity contribution in [3.63, 3.8) is 0 Å². The van der Waals surface area contributed by atoms with Crippen LogP contribution in [-0.4, -0.2) is 53.4 Å². The lowest BCUT2D eigenvalue weighted by atomic mass is 10.0. The highest BCUT2D eigenvalue weighted by atomic mass is 35.5. The van der Waals surface area contributed by atoms with Gasteiger partial charge < -0.3 is 14.7 Å². The number of hydrogen-bond acceptors (Lipinski definition) is 6. The Labute approximate surface area is 187 Å². The van der Waals surface area contributed by atoms with E-state index >= 15 is 0 Å². The fraction of sp³-hybridized carbons (Fsp3) is 0.636. The number of aliphatic hydroxyl groups excluding tert-OH is 1. The van der Waals surface area contributed by atoms with Gasteiger partial charge in [0.25, 0.3) is 0 Å². The van der Waals surface area contributed by atoms with Crippen molar-refractivity contribution >= 4 is 29.5 Å². The second-order valence-electron chi connectivity index (χ2n) is 7.89. The molecule has 31 heavy (non-hydrogen) atoms. The van der Waals surface area contributed by atoms with Gasteiger partial charge in [-0.2, -0.15) is 0 Å². The molecule has 1 aromatic rings. The molecule has 1 N–H and O–H groups in total. The molecule has 1 amide bonds. The summed E-state index contributed by atoms with van der Waals surface area (Å²) in [6.45, 7) is 0.863. The van der Waals surface area contributed by atoms with Crippen LogP contribution in [0.3, 0.4) is 0 Å². The molecule has 1 fully saturated rings. The highest BCUT2D eigenvalue weighted by molar-refractivity contribution is 6.32. The van der Waals surface area contributed by atoms with E-state index in [0.29, 0.717) is 25.8 Å². The second-order valence-corrected chi connectivity index (χ2v) is 8.30. The minimum atomic E-state index is -0.704. The van der Waals surface area contributed by atoms with Crippen molar-refractivity contribution in [1.29, 1.82) is 0 Å². The van der Waals surface area contributed by atoms with Gasteiger partial charge in [-0.25, -0.2) is 0 Å². The van der Waals surface area contributed by atoms with Crippen molar-refractivity contribution in [2.75, 3.05) is 26.3 Å². The number of nitrogens with zero attached hydrogens (tertiary/aromatic N) is 2. The lowest BCUT2D eigenvalue weighted by Gasteiger charge is -2.22. The van der Waals surface area contributed by atoms with Crippen LogP contribution in [0, 0.1) is 16.0 Å². The molecule has 172 valence electrons. The third kappa shape index (κ3) is 7.78. The van der Waals surface area contributed by atoms with E-state index in [4.69, 9.17) is 16.3 Å². The number of nitro groups is 1. The summed E-state index contributed by atoms with van der Waals surface area (Å²) in [6.07, 6.45) is 9.40. The first-order valence-electron chi connectivity index (χ1n) is 10.9. The van der Waals surface area contributed by atoms with E-state index in [2.05, 4.69) is 0 Å². The standard InChI is InChI=1S/C22H31ClN2O6/c23-19-11-10-18(16-27)21(25(29)30)22(19)31-15-5-9-20(28)24(13-14-26)12-4-3-8-17-6-1-2-7-17/h10-11,16-17,26H,1-9,12-15H2. The van der Waals surface area contributed by atoms with Gasteiger partial charge in [0.2, 0.25) is 11.7 Å². The minimum absolute atomic E-state index is 0.0350. The Hall–Kier alpha value is -2.19. The zero-order chi connectivity index (χ0) is 22.6. The van der Waals surface area contributed by atoms with Crippen LogP contribution in [0.4, 0.5) is 5.69 Å². The topological polar surface area (TPSA) is 110 Å². The second kappa shape index (κ2) is 13.3. The van der Waals surface area contributed by atoms with Crippen LogP contribution >= 0.6 is 11.6 Å². The van der Waals surface area contributed by atoms with Gasteiger partial charge in [0.05, 0.1) is 28.7 Å². The molecule has 0 saturated heterocycles. The normalized spacial score (nSPS) is 13.9. The number of amides is 1. The third-order valence-electron chi connectivity index (χ3n) is 5.69. The Balaban J connectivity index is 1.79. The molecule has 0 aliphatic heterocycles. The molecule has 0 atom stereocenters. The molecule has 1 aliphatic carbocycles. The van der Waals surface area contributed by atoms with Gasteiger partial charge in [-0.15, -0.1) is 0 Å². The van der Waals surface area contributed by atoms with Crippen LogP contribution in [0.25, 0.3) is 0 Å². The van der Waals surface area contributed by atoms with Gasteiger partial charge in [0, 0.05) is 19.5 Å². The maximum atomic E-state index is 12.5. The van der Waals surface area contributed by atoms with Crippen LogP contribution in [0.5, 0.6) is 5.75 Å². The molecule has 0 radical (unpaired) electrons. The van der Waals surface area contributed by atoms with Gasteiger partial charge in [-0.05, 0) is 30.9 Å². The Kier molecular flexibility index (Phi) is 10.7. The van der Waals surface area contributed by atoms with E-state index in [9.17, 15) is 24.8 Å². The highest BCUT2D eigenvalue weighted by Crippen LogP contribution is 2.37. The fourth-order valence-electron chi connectivity index (χ4n) is 4.05. The summed E-state index contributed by atoms with van der Waals surface area (Å²) in [5.41, 5.74) is -0.592. The molecule has 1 aliphatic rings. The van der Waals surface area contributed by atoms with E-state index in [1.807, 2.05) is 0 Å². The molecular formula is C22H31ClN2O6. The number of unbranched alkanes of at least 4 members (excludes halogenated alkanes) is 1. The summed E-state index contributed by atoms with van der Waals surface area (Å²) in [6, 6.07) is 2.64. The largest absolute Gasteiger partial charge is 0.486 e. The van der Waals surface area contributed by atoms with Gasteiger partial charge >= 0.3 is 5.69 Å². The molecule has 8 nitrogen and oxygen atoms in total. The van der Waals surface area contributed by atoms with Crippen LogP contribution in [0.2, 0.25) is 5.02 Å². The van der Waals surface area contributed by atoms with Crippen molar-refractivity contribution in [3.05, 3.63) is 32.8 Å². The number of benzene rings is 1. The van der Waals surface area contributed by atoms with Crippen molar-refractivity contribution < 1.29 is 24.4 Å². The fourth-order valence-corrected chi connectivity index (χ4v) is 4.26. The molecule has 1 saturated carbocycles. The first-order chi connectivity index (χ1) is 15.0. The van der Waals surface area contributed by atoms with E-state index in [0.717, 1.165) is 18.8 Å². The number of carbonyl (C=O) groups is 2. The summed E-state index contributed by atoms with van der Waals surface area (Å²) in [7, 11) is 0. The highest BCUT2D eigenvalue weighted by Gasteiger charge is 2.24. The van der Waals surface area contributed by atoms with Crippen LogP contribution in [0.1, 0.15) is 68.1 Å². The maximum Gasteiger partial charge on any atom is 0.322 e. The first-order valence-corrected chi connectivity index (χ1v) is 11.3. The van der Waals surface area contributed by atoms with Crippen LogP contribution in [0.15, 0.2) is 12.1 Å². The van der Waals surface area contributed by atoms with Crippen molar-refractivity contribution in [1.82, 2.24) is 4.90 Å². The molecule has 0 unspecified atom stereocenters. The summed E-state index contributed by atoms with van der Waals surface area (Å²) >= 11 is 6.01. The molecule has 1 aromatic carbocycles. The van der Waals surface area contributed by atoms with Gasteiger partial charge in [-0.1, -0.05) is 50.1 Å². The Morgan fingerprint density at radius 1 is 1.26 bits per heavy atom. The van der Waals surface area contributed by atoms with E-state index in [1.165, 1.54) is 44.2 Å². The summed E-state index contributed by atoms with van der Waals surface area (Å²) in [5, 5.41) is 20.6. The van der Waals surface area contributed by atoms with E-state index < -0.39 is 10.6 Å². The molecule has 2 rings (SSSR count). The Morgan fingerprint density at radius 2 is 2.00 bits per heavy atom. The molecule has 0 aromatic heterocycles. The predicted octanol–water partition coefficient (Wildman–Crippen LogP) is 4.40. The zero-order valence-corrected chi connectivity index (χ0v) is 18.5. The Bertz CT molecular complexity index is 752. The lowest BCUT2D eigenvalue weighted by Crippen LogP contribution is -2.34. The third-order valence-corrected chi connectivity index (χ3v) is 5.99. The molecule has 0 bridgehead atoms. The lowest BCUT2D eigenvalue weighted by molar-refractivity contribution is -0.386. The summed E-state index contributed by atoms with van der Waals surface area (Å²) in [5.74, 6) is 0.580. The maximum absolute atomic E-state index is 12.5. The number of ether oxygens (including phenoxy) is 1. The quantitative estimate of drug-likeness (QED) is 0.193. The monoisotopic (exact) mass is 454 g/mol. The van der Waals surface area contributed by atoms with Gasteiger partial charge in [-0.3, -0.25) is 19.7 Å². The first kappa shape index (κ1) is 25.1. The summed E-state index contributed by atoms with van der Waals surface area (Å²) in [4.78, 5) is 35.8. The average Bonchev–Trinajstić information content (AvgIpc) is 3.27. The number of carbonyl (C=O) groups excluding carboxylic acids is 2. The number of aliphatic hydroxyl groups is 1. The van der Waals surface area contributed by atoms with Crippen molar-refractivity contribution in [2.45, 2.75) is 57.8 Å². The summed E-state index contributed by atoms with van der Waals surface area (Å²) < 4.78 is 5.46. The number of nitro benzene ring substituents is 1. The van der Waals surface area contributed by atoms with E-state index in [-0.39, 0.29) is 41.9 Å². The number of hydrogen-bond donors (Lipinski definition) is 1. The van der Waals surface area contributed by atoms with Gasteiger partial charge in [0.1, 0.15) is 0 Å². The van der Waals surface area contributed by atoms with Crippen LogP contribution in [-0.2, 0) is 4.79 Å². The zero-order valence-electron chi connectivity index (χ0n) is 17.8. The smallest absolute Gasteiger partial charge is 0.322 e. The van der Waals surface area contributed by atoms with Crippen molar-refractivity contribution in [3.8, 4) is 5.75 Å². The molecule has 0 spiro atoms. The number of aldehydes is 1. The van der Waals surface area contributed by atoms with Crippen LogP contribution < -0.4 is 4.74 Å². The number of rotatable bonds is 14. The molecule has 9 heteroatoms. The molecule has 0 heterocycles. The SMILES string of the molecule is O=Cc1ccc(Cl)c(OCCCC(=O)N(CCO)CCCCC2CCCC2)c1[N+](=O)[O-].